The second kappa shape index (κ2) is 7.33. The highest BCUT2D eigenvalue weighted by Crippen LogP contribution is 2.39. The van der Waals surface area contributed by atoms with Crippen molar-refractivity contribution in [3.63, 3.8) is 0 Å². The van der Waals surface area contributed by atoms with E-state index >= 15 is 0 Å². The molecule has 4 heteroatoms. The zero-order valence-electron chi connectivity index (χ0n) is 15.5. The van der Waals surface area contributed by atoms with Crippen molar-refractivity contribution in [2.45, 2.75) is 82.8 Å². The first kappa shape index (κ1) is 16.8. The van der Waals surface area contributed by atoms with E-state index in [9.17, 15) is 4.79 Å². The minimum absolute atomic E-state index is 0.262. The Morgan fingerprint density at radius 2 is 1.54 bits per heavy atom. The molecule has 136 valence electrons. The quantitative estimate of drug-likeness (QED) is 0.777. The molecule has 0 aromatic rings. The molecule has 24 heavy (non-hydrogen) atoms. The molecule has 4 fully saturated rings. The molecule has 1 aliphatic carbocycles. The van der Waals surface area contributed by atoms with Gasteiger partial charge in [-0.25, -0.2) is 0 Å². The molecular weight excluding hydrogens is 298 g/mol. The van der Waals surface area contributed by atoms with Crippen LogP contribution in [0.3, 0.4) is 0 Å². The average Bonchev–Trinajstić information content (AvgIpc) is 3.10. The molecule has 0 radical (unpaired) electrons. The summed E-state index contributed by atoms with van der Waals surface area (Å²) in [5.41, 5.74) is 0. The van der Waals surface area contributed by atoms with Gasteiger partial charge in [-0.3, -0.25) is 14.6 Å². The minimum Gasteiger partial charge on any atom is -0.343 e. The summed E-state index contributed by atoms with van der Waals surface area (Å²) in [7, 11) is 0. The fourth-order valence-corrected chi connectivity index (χ4v) is 6.13. The van der Waals surface area contributed by atoms with Gasteiger partial charge >= 0.3 is 0 Å². The Labute approximate surface area is 147 Å². The lowest BCUT2D eigenvalue weighted by Crippen LogP contribution is -2.63. The highest BCUT2D eigenvalue weighted by molar-refractivity contribution is 5.73. The zero-order valence-corrected chi connectivity index (χ0v) is 15.5. The monoisotopic (exact) mass is 333 g/mol. The Balaban J connectivity index is 1.48. The average molecular weight is 334 g/mol. The van der Waals surface area contributed by atoms with Crippen LogP contribution in [0.2, 0.25) is 0 Å². The highest BCUT2D eigenvalue weighted by Gasteiger charge is 2.45. The molecule has 3 saturated heterocycles. The molecule has 1 amide bonds. The minimum atomic E-state index is 0.262. The number of fused-ring (bicyclic) bond motifs is 1. The summed E-state index contributed by atoms with van der Waals surface area (Å²) in [4.78, 5) is 19.4. The molecule has 2 atom stereocenters. The normalized spacial score (nSPS) is 34.5. The van der Waals surface area contributed by atoms with Gasteiger partial charge in [-0.2, -0.15) is 0 Å². The molecule has 0 bridgehead atoms. The van der Waals surface area contributed by atoms with Crippen LogP contribution in [0.4, 0.5) is 0 Å². The van der Waals surface area contributed by atoms with Crippen LogP contribution >= 0.6 is 0 Å². The van der Waals surface area contributed by atoms with E-state index in [1.54, 1.807) is 6.92 Å². The van der Waals surface area contributed by atoms with Crippen LogP contribution in [0.5, 0.6) is 0 Å². The third-order valence-corrected chi connectivity index (χ3v) is 7.35. The second-order valence-electron chi connectivity index (χ2n) is 8.61. The highest BCUT2D eigenvalue weighted by atomic mass is 16.2. The summed E-state index contributed by atoms with van der Waals surface area (Å²) >= 11 is 0. The van der Waals surface area contributed by atoms with E-state index in [2.05, 4.69) is 14.7 Å². The van der Waals surface area contributed by atoms with E-state index in [-0.39, 0.29) is 5.91 Å². The van der Waals surface area contributed by atoms with Crippen molar-refractivity contribution in [3.05, 3.63) is 0 Å². The summed E-state index contributed by atoms with van der Waals surface area (Å²) in [5, 5.41) is 0. The molecular formula is C20H35N3O. The number of amides is 1. The summed E-state index contributed by atoms with van der Waals surface area (Å²) in [6.07, 6.45) is 12.5. The van der Waals surface area contributed by atoms with Crippen LogP contribution in [0.25, 0.3) is 0 Å². The van der Waals surface area contributed by atoms with Gasteiger partial charge in [0.1, 0.15) is 0 Å². The summed E-state index contributed by atoms with van der Waals surface area (Å²) in [6.45, 7) is 7.56. The molecule has 0 spiro atoms. The lowest BCUT2D eigenvalue weighted by atomic mass is 9.78. The molecule has 0 unspecified atom stereocenters. The van der Waals surface area contributed by atoms with Gasteiger partial charge in [0.2, 0.25) is 5.91 Å². The van der Waals surface area contributed by atoms with Crippen molar-refractivity contribution < 1.29 is 4.79 Å². The Morgan fingerprint density at radius 3 is 2.25 bits per heavy atom. The van der Waals surface area contributed by atoms with Crippen LogP contribution in [0, 0.1) is 5.92 Å². The fraction of sp³-hybridized carbons (Fsp3) is 0.950. The number of nitrogens with zero attached hydrogens (tertiary/aromatic N) is 3. The molecule has 3 aliphatic heterocycles. The Hall–Kier alpha value is -0.610. The van der Waals surface area contributed by atoms with Gasteiger partial charge in [-0.1, -0.05) is 19.3 Å². The molecule has 1 saturated carbocycles. The number of hydrogen-bond donors (Lipinski definition) is 0. The number of carbonyl (C=O) groups excluding carboxylic acids is 1. The zero-order chi connectivity index (χ0) is 16.5. The first-order valence-corrected chi connectivity index (χ1v) is 10.5. The summed E-state index contributed by atoms with van der Waals surface area (Å²) in [6, 6.07) is 2.35. The van der Waals surface area contributed by atoms with Crippen molar-refractivity contribution in [2.24, 2.45) is 5.92 Å². The first-order chi connectivity index (χ1) is 11.7. The lowest BCUT2D eigenvalue weighted by Gasteiger charge is -2.53. The maximum Gasteiger partial charge on any atom is 0.219 e. The number of likely N-dealkylation sites (tertiary alicyclic amines) is 1. The largest absolute Gasteiger partial charge is 0.343 e. The van der Waals surface area contributed by atoms with Gasteiger partial charge < -0.3 is 4.90 Å². The Bertz CT molecular complexity index is 440. The van der Waals surface area contributed by atoms with Gasteiger partial charge in [-0.05, 0) is 51.0 Å². The molecule has 0 aromatic carbocycles. The summed E-state index contributed by atoms with van der Waals surface area (Å²) in [5.74, 6) is 1.19. The van der Waals surface area contributed by atoms with E-state index in [1.807, 2.05) is 0 Å². The van der Waals surface area contributed by atoms with Gasteiger partial charge in [0.25, 0.3) is 0 Å². The van der Waals surface area contributed by atoms with Crippen LogP contribution < -0.4 is 0 Å². The lowest BCUT2D eigenvalue weighted by molar-refractivity contribution is -0.131. The number of rotatable bonds is 2. The van der Waals surface area contributed by atoms with E-state index in [4.69, 9.17) is 0 Å². The van der Waals surface area contributed by atoms with Crippen LogP contribution in [-0.2, 0) is 4.79 Å². The van der Waals surface area contributed by atoms with Gasteiger partial charge in [-0.15, -0.1) is 0 Å². The molecule has 3 heterocycles. The maximum absolute atomic E-state index is 11.6. The van der Waals surface area contributed by atoms with E-state index in [1.165, 1.54) is 77.4 Å². The summed E-state index contributed by atoms with van der Waals surface area (Å²) < 4.78 is 0. The molecule has 0 aromatic heterocycles. The third-order valence-electron chi connectivity index (χ3n) is 7.35. The predicted octanol–water partition coefficient (Wildman–Crippen LogP) is 2.73. The molecule has 0 N–H and O–H groups in total. The van der Waals surface area contributed by atoms with Crippen LogP contribution in [-0.4, -0.2) is 71.5 Å². The standard InChI is InChI=1S/C20H35N3O/c1-16(24)21-12-9-18(10-13-21)23-15-14-22-11-5-8-19(22)20(23)17-6-3-2-4-7-17/h17-20H,2-15H2,1H3/t19-,20-/m1/s1. The van der Waals surface area contributed by atoms with Crippen molar-refractivity contribution >= 4 is 5.91 Å². The Kier molecular flexibility index (Phi) is 5.14. The van der Waals surface area contributed by atoms with Crippen LogP contribution in [0.15, 0.2) is 0 Å². The van der Waals surface area contributed by atoms with Crippen LogP contribution in [0.1, 0.15) is 64.7 Å². The molecule has 4 nitrogen and oxygen atoms in total. The van der Waals surface area contributed by atoms with Crippen molar-refractivity contribution in [3.8, 4) is 0 Å². The van der Waals surface area contributed by atoms with Gasteiger partial charge in [0.05, 0.1) is 0 Å². The fourth-order valence-electron chi connectivity index (χ4n) is 6.13. The van der Waals surface area contributed by atoms with E-state index in [0.29, 0.717) is 0 Å². The molecule has 4 rings (SSSR count). The maximum atomic E-state index is 11.6. The number of piperazine rings is 1. The number of piperidine rings is 1. The van der Waals surface area contributed by atoms with Crippen molar-refractivity contribution in [2.75, 3.05) is 32.7 Å². The second-order valence-corrected chi connectivity index (χ2v) is 8.61. The predicted molar refractivity (Wildman–Crippen MR) is 96.9 cm³/mol. The van der Waals surface area contributed by atoms with E-state index in [0.717, 1.165) is 37.1 Å². The number of hydrogen-bond acceptors (Lipinski definition) is 3. The number of carbonyl (C=O) groups is 1. The van der Waals surface area contributed by atoms with Crippen molar-refractivity contribution in [1.82, 2.24) is 14.7 Å². The first-order valence-electron chi connectivity index (χ1n) is 10.5. The topological polar surface area (TPSA) is 26.8 Å². The van der Waals surface area contributed by atoms with Crippen molar-refractivity contribution in [1.29, 1.82) is 0 Å². The molecule has 4 aliphatic rings. The third kappa shape index (κ3) is 3.24. The van der Waals surface area contributed by atoms with Gasteiger partial charge in [0, 0.05) is 51.2 Å². The van der Waals surface area contributed by atoms with Gasteiger partial charge in [0.15, 0.2) is 0 Å². The van der Waals surface area contributed by atoms with E-state index < -0.39 is 0 Å². The Morgan fingerprint density at radius 1 is 0.792 bits per heavy atom. The smallest absolute Gasteiger partial charge is 0.219 e. The SMILES string of the molecule is CC(=O)N1CCC(N2CCN3CCC[C@@H]3[C@H]2C2CCCCC2)CC1.